The molecular formula is C34H38ClN3O5. The number of aliphatic hydroxyl groups excluding tert-OH is 1. The van der Waals surface area contributed by atoms with Gasteiger partial charge in [0.15, 0.2) is 0 Å². The van der Waals surface area contributed by atoms with Crippen molar-refractivity contribution in [3.63, 3.8) is 0 Å². The number of rotatable bonds is 6. The fourth-order valence-corrected chi connectivity index (χ4v) is 8.01. The highest BCUT2D eigenvalue weighted by molar-refractivity contribution is 6.34. The van der Waals surface area contributed by atoms with Gasteiger partial charge in [-0.25, -0.2) is 0 Å². The lowest BCUT2D eigenvalue weighted by molar-refractivity contribution is -0.150. The minimum absolute atomic E-state index is 0.165. The van der Waals surface area contributed by atoms with Crippen LogP contribution < -0.4 is 9.80 Å². The Kier molecular flexibility index (Phi) is 7.51. The van der Waals surface area contributed by atoms with Crippen molar-refractivity contribution in [3.05, 3.63) is 83.4 Å². The Balaban J connectivity index is 1.55. The second-order valence-corrected chi connectivity index (χ2v) is 12.7. The van der Waals surface area contributed by atoms with E-state index in [-0.39, 0.29) is 36.8 Å². The first-order chi connectivity index (χ1) is 20.6. The third-order valence-corrected chi connectivity index (χ3v) is 10.0. The van der Waals surface area contributed by atoms with E-state index in [2.05, 4.69) is 0 Å². The van der Waals surface area contributed by atoms with Crippen molar-refractivity contribution in [2.24, 2.45) is 17.8 Å². The van der Waals surface area contributed by atoms with Crippen molar-refractivity contribution in [1.29, 1.82) is 0 Å². The van der Waals surface area contributed by atoms with Crippen LogP contribution in [0, 0.1) is 24.7 Å². The first-order valence-corrected chi connectivity index (χ1v) is 15.4. The van der Waals surface area contributed by atoms with Crippen molar-refractivity contribution >= 4 is 40.7 Å². The molecular weight excluding hydrogens is 566 g/mol. The SMILES string of the molecule is CC[C@]12C=CCN(c3ccccc3)C(=O)[C@H]1[C@H]1C(=O)N([C@@H](CO)C(C)C)C3C(=O)N(c4c(C)cccc4Cl)CC=C[C@@]31O2. The zero-order valence-corrected chi connectivity index (χ0v) is 25.7. The summed E-state index contributed by atoms with van der Waals surface area (Å²) >= 11 is 6.67. The number of carbonyl (C=O) groups excluding carboxylic acids is 3. The maximum Gasteiger partial charge on any atom is 0.253 e. The molecule has 2 aromatic rings. The number of ether oxygens (including phenoxy) is 1. The second kappa shape index (κ2) is 10.9. The lowest BCUT2D eigenvalue weighted by Crippen LogP contribution is -2.60. The molecule has 1 unspecified atom stereocenters. The summed E-state index contributed by atoms with van der Waals surface area (Å²) in [7, 11) is 0. The molecule has 9 heteroatoms. The molecule has 6 atom stereocenters. The number of fused-ring (bicyclic) bond motifs is 2. The predicted octanol–water partition coefficient (Wildman–Crippen LogP) is 4.53. The van der Waals surface area contributed by atoms with Crippen LogP contribution in [-0.2, 0) is 19.1 Å². The topological polar surface area (TPSA) is 90.4 Å². The number of aliphatic hydroxyl groups is 1. The minimum Gasteiger partial charge on any atom is -0.394 e. The monoisotopic (exact) mass is 603 g/mol. The summed E-state index contributed by atoms with van der Waals surface area (Å²) in [6.07, 6.45) is 7.97. The van der Waals surface area contributed by atoms with Gasteiger partial charge in [-0.3, -0.25) is 14.4 Å². The Bertz CT molecular complexity index is 1490. The van der Waals surface area contributed by atoms with Gasteiger partial charge in [0.05, 0.1) is 40.8 Å². The van der Waals surface area contributed by atoms with Gasteiger partial charge in [0.1, 0.15) is 11.6 Å². The average Bonchev–Trinajstić information content (AvgIpc) is 3.27. The van der Waals surface area contributed by atoms with Crippen molar-refractivity contribution in [2.45, 2.75) is 57.4 Å². The van der Waals surface area contributed by atoms with E-state index in [4.69, 9.17) is 16.3 Å². The summed E-state index contributed by atoms with van der Waals surface area (Å²) in [5.41, 5.74) is -0.412. The second-order valence-electron chi connectivity index (χ2n) is 12.3. The van der Waals surface area contributed by atoms with E-state index in [9.17, 15) is 19.5 Å². The van der Waals surface area contributed by atoms with Crippen LogP contribution in [0.5, 0.6) is 0 Å². The average molecular weight is 604 g/mol. The Hall–Kier alpha value is -3.46. The quantitative estimate of drug-likeness (QED) is 0.490. The lowest BCUT2D eigenvalue weighted by Gasteiger charge is -2.42. The molecule has 0 radical (unpaired) electrons. The molecule has 0 bridgehead atoms. The third-order valence-electron chi connectivity index (χ3n) is 9.72. The van der Waals surface area contributed by atoms with Crippen molar-refractivity contribution in [2.75, 3.05) is 29.5 Å². The normalized spacial score (nSPS) is 30.8. The summed E-state index contributed by atoms with van der Waals surface area (Å²) in [6, 6.07) is 13.1. The van der Waals surface area contributed by atoms with E-state index >= 15 is 0 Å². The molecule has 1 spiro atoms. The summed E-state index contributed by atoms with van der Waals surface area (Å²) < 4.78 is 7.08. The van der Waals surface area contributed by atoms with Gasteiger partial charge >= 0.3 is 0 Å². The van der Waals surface area contributed by atoms with Crippen LogP contribution in [0.3, 0.4) is 0 Å². The number of benzene rings is 2. The Morgan fingerprint density at radius 2 is 1.63 bits per heavy atom. The molecule has 4 heterocycles. The standard InChI is InChI=1S/C34H38ClN3O5/c1-5-33-16-10-18-36(23-13-7-6-8-14-23)30(40)26(33)27-31(41)38(25(20-39)21(2)3)29-32(42)37(19-11-17-34(27,29)43-33)28-22(4)12-9-15-24(28)35/h6-17,21,25-27,29,39H,5,18-20H2,1-4H3/t25-,26+,27-,29?,33-,34-/m0/s1. The molecule has 43 heavy (non-hydrogen) atoms. The smallest absolute Gasteiger partial charge is 0.253 e. The largest absolute Gasteiger partial charge is 0.394 e. The number of anilines is 2. The van der Waals surface area contributed by atoms with E-state index in [1.807, 2.05) is 94.5 Å². The zero-order valence-electron chi connectivity index (χ0n) is 24.9. The van der Waals surface area contributed by atoms with Gasteiger partial charge in [-0.15, -0.1) is 0 Å². The molecule has 3 amide bonds. The third kappa shape index (κ3) is 4.29. The Morgan fingerprint density at radius 3 is 2.28 bits per heavy atom. The fourth-order valence-electron chi connectivity index (χ4n) is 7.68. The molecule has 4 aliphatic heterocycles. The first kappa shape index (κ1) is 29.6. The van der Waals surface area contributed by atoms with Crippen molar-refractivity contribution in [1.82, 2.24) is 4.90 Å². The highest BCUT2D eigenvalue weighted by Gasteiger charge is 2.76. The molecule has 4 aliphatic rings. The highest BCUT2D eigenvalue weighted by Crippen LogP contribution is 2.59. The van der Waals surface area contributed by atoms with Gasteiger partial charge in [0.2, 0.25) is 11.8 Å². The van der Waals surface area contributed by atoms with Crippen LogP contribution in [0.4, 0.5) is 11.4 Å². The minimum atomic E-state index is -1.43. The molecule has 0 saturated carbocycles. The first-order valence-electron chi connectivity index (χ1n) is 15.0. The van der Waals surface area contributed by atoms with E-state index in [1.54, 1.807) is 15.9 Å². The van der Waals surface area contributed by atoms with Crippen LogP contribution in [0.15, 0.2) is 72.8 Å². The highest BCUT2D eigenvalue weighted by atomic mass is 35.5. The van der Waals surface area contributed by atoms with Gasteiger partial charge in [0, 0.05) is 18.8 Å². The molecule has 0 aromatic heterocycles. The summed E-state index contributed by atoms with van der Waals surface area (Å²) in [6.45, 7) is 7.88. The number of hydrogen-bond acceptors (Lipinski definition) is 5. The molecule has 1 N–H and O–H groups in total. The van der Waals surface area contributed by atoms with Gasteiger partial charge in [-0.2, -0.15) is 0 Å². The number of carbonyl (C=O) groups is 3. The predicted molar refractivity (Wildman–Crippen MR) is 166 cm³/mol. The molecule has 0 aliphatic carbocycles. The van der Waals surface area contributed by atoms with Gasteiger partial charge in [-0.05, 0) is 43.0 Å². The van der Waals surface area contributed by atoms with Crippen LogP contribution in [0.1, 0.15) is 32.8 Å². The van der Waals surface area contributed by atoms with Crippen LogP contribution in [0.25, 0.3) is 0 Å². The van der Waals surface area contributed by atoms with Crippen LogP contribution in [-0.4, -0.2) is 70.7 Å². The molecule has 2 fully saturated rings. The van der Waals surface area contributed by atoms with Gasteiger partial charge in [-0.1, -0.05) is 87.0 Å². The van der Waals surface area contributed by atoms with E-state index < -0.39 is 35.1 Å². The number of aryl methyl sites for hydroxylation is 1. The number of nitrogens with zero attached hydrogens (tertiary/aromatic N) is 3. The Labute approximate surface area is 257 Å². The molecule has 8 nitrogen and oxygen atoms in total. The molecule has 2 saturated heterocycles. The number of halogens is 1. The molecule has 226 valence electrons. The summed E-state index contributed by atoms with van der Waals surface area (Å²) in [5, 5.41) is 11.0. The van der Waals surface area contributed by atoms with Gasteiger partial charge < -0.3 is 24.5 Å². The lowest BCUT2D eigenvalue weighted by atomic mass is 9.73. The number of amides is 3. The van der Waals surface area contributed by atoms with Crippen LogP contribution >= 0.6 is 11.6 Å². The zero-order chi connectivity index (χ0) is 30.7. The van der Waals surface area contributed by atoms with Crippen LogP contribution in [0.2, 0.25) is 5.02 Å². The maximum absolute atomic E-state index is 14.9. The van der Waals surface area contributed by atoms with Gasteiger partial charge in [0.25, 0.3) is 5.91 Å². The number of hydrogen-bond donors (Lipinski definition) is 1. The maximum atomic E-state index is 14.9. The van der Waals surface area contributed by atoms with E-state index in [0.717, 1.165) is 11.3 Å². The van der Waals surface area contributed by atoms with Crippen molar-refractivity contribution < 1.29 is 24.2 Å². The number of likely N-dealkylation sites (tertiary alicyclic amines) is 1. The van der Waals surface area contributed by atoms with Crippen molar-refractivity contribution in [3.8, 4) is 0 Å². The summed E-state index contributed by atoms with van der Waals surface area (Å²) in [5.74, 6) is -2.95. The molecule has 2 aromatic carbocycles. The van der Waals surface area contributed by atoms with E-state index in [1.165, 1.54) is 4.90 Å². The molecule has 6 rings (SSSR count). The summed E-state index contributed by atoms with van der Waals surface area (Å²) in [4.78, 5) is 49.1. The fraction of sp³-hybridized carbons (Fsp3) is 0.441. The van der Waals surface area contributed by atoms with E-state index in [0.29, 0.717) is 23.7 Å². The Morgan fingerprint density at radius 1 is 0.930 bits per heavy atom. The number of para-hydroxylation sites is 2.